The molecule has 1 saturated heterocycles. The highest BCUT2D eigenvalue weighted by Crippen LogP contribution is 2.44. The Morgan fingerprint density at radius 2 is 1.63 bits per heavy atom. The summed E-state index contributed by atoms with van der Waals surface area (Å²) in [5.41, 5.74) is 2.21. The topological polar surface area (TPSA) is 25.8 Å². The van der Waals surface area contributed by atoms with Gasteiger partial charge in [0.15, 0.2) is 0 Å². The molecule has 1 fully saturated rings. The molecule has 2 atom stereocenters. The summed E-state index contributed by atoms with van der Waals surface area (Å²) in [5, 5.41) is 2.28. The summed E-state index contributed by atoms with van der Waals surface area (Å²) in [6.45, 7) is 6.89. The third-order valence-corrected chi connectivity index (χ3v) is 6.07. The first-order valence-electron chi connectivity index (χ1n) is 9.91. The molecule has 0 unspecified atom stereocenters. The van der Waals surface area contributed by atoms with Crippen molar-refractivity contribution < 1.29 is 18.8 Å². The fourth-order valence-electron chi connectivity index (χ4n) is 4.25. The zero-order chi connectivity index (χ0) is 19.3. The molecule has 1 heterocycles. The average Bonchev–Trinajstić information content (AvgIpc) is 2.67. The number of halogens is 2. The number of hydrogen-bond donors (Lipinski definition) is 1. The second kappa shape index (κ2) is 8.49. The zero-order valence-corrected chi connectivity index (χ0v) is 16.3. The van der Waals surface area contributed by atoms with Gasteiger partial charge < -0.3 is 10.1 Å². The summed E-state index contributed by atoms with van der Waals surface area (Å²) in [5.74, 6) is -0.392. The molecule has 1 aliphatic rings. The first kappa shape index (κ1) is 20.0. The number of ether oxygens (including phenoxy) is 1. The summed E-state index contributed by atoms with van der Waals surface area (Å²) in [7, 11) is 0. The third kappa shape index (κ3) is 4.94. The average molecular weight is 374 g/mol. The normalized spacial score (nSPS) is 25.5. The van der Waals surface area contributed by atoms with Gasteiger partial charge in [-0.3, -0.25) is 0 Å². The molecule has 3 rings (SSSR count). The molecule has 0 aromatic heterocycles. The van der Waals surface area contributed by atoms with Gasteiger partial charge in [0.05, 0.1) is 12.1 Å². The molecular formula is C23H30F2NO+. The summed E-state index contributed by atoms with van der Waals surface area (Å²) >= 11 is 0. The van der Waals surface area contributed by atoms with Crippen molar-refractivity contribution in [2.75, 3.05) is 13.2 Å². The van der Waals surface area contributed by atoms with E-state index < -0.39 is 0 Å². The van der Waals surface area contributed by atoms with E-state index in [4.69, 9.17) is 4.74 Å². The van der Waals surface area contributed by atoms with Crippen LogP contribution in [0.4, 0.5) is 8.78 Å². The lowest BCUT2D eigenvalue weighted by Gasteiger charge is -2.46. The molecule has 0 bridgehead atoms. The van der Waals surface area contributed by atoms with Gasteiger partial charge in [-0.15, -0.1) is 0 Å². The van der Waals surface area contributed by atoms with Crippen LogP contribution >= 0.6 is 0 Å². The van der Waals surface area contributed by atoms with E-state index in [0.717, 1.165) is 50.9 Å². The molecular weight excluding hydrogens is 344 g/mol. The Labute approximate surface area is 160 Å². The molecule has 27 heavy (non-hydrogen) atoms. The van der Waals surface area contributed by atoms with E-state index in [1.807, 2.05) is 24.3 Å². The SMILES string of the molecule is CC[C@@]1(C)C[C@](CC[NH2+]Cc2ccc(F)cc2)(c2ccc(F)cc2)CCO1. The monoisotopic (exact) mass is 374 g/mol. The van der Waals surface area contributed by atoms with Crippen molar-refractivity contribution >= 4 is 0 Å². The molecule has 0 aliphatic carbocycles. The number of nitrogens with two attached hydrogens (primary N) is 1. The Morgan fingerprint density at radius 3 is 2.26 bits per heavy atom. The number of benzene rings is 2. The number of quaternary nitrogens is 1. The molecule has 2 N–H and O–H groups in total. The van der Waals surface area contributed by atoms with Crippen molar-refractivity contribution in [3.05, 3.63) is 71.3 Å². The van der Waals surface area contributed by atoms with Crippen LogP contribution in [-0.2, 0) is 16.7 Å². The van der Waals surface area contributed by atoms with Gasteiger partial charge in [0.1, 0.15) is 18.2 Å². The van der Waals surface area contributed by atoms with E-state index in [1.165, 1.54) is 17.7 Å². The minimum atomic E-state index is -0.199. The van der Waals surface area contributed by atoms with Crippen molar-refractivity contribution in [2.45, 2.75) is 57.1 Å². The molecule has 2 nitrogen and oxygen atoms in total. The Balaban J connectivity index is 1.70. The van der Waals surface area contributed by atoms with Crippen molar-refractivity contribution in [1.29, 1.82) is 0 Å². The van der Waals surface area contributed by atoms with Gasteiger partial charge in [0.25, 0.3) is 0 Å². The highest BCUT2D eigenvalue weighted by atomic mass is 19.1. The van der Waals surface area contributed by atoms with Crippen LogP contribution in [0.15, 0.2) is 48.5 Å². The van der Waals surface area contributed by atoms with Crippen molar-refractivity contribution in [3.8, 4) is 0 Å². The largest absolute Gasteiger partial charge is 0.375 e. The van der Waals surface area contributed by atoms with E-state index in [9.17, 15) is 8.78 Å². The van der Waals surface area contributed by atoms with Crippen LogP contribution in [0.25, 0.3) is 0 Å². The van der Waals surface area contributed by atoms with Gasteiger partial charge in [-0.1, -0.05) is 31.2 Å². The lowest BCUT2D eigenvalue weighted by atomic mass is 9.66. The van der Waals surface area contributed by atoms with Crippen LogP contribution in [0.2, 0.25) is 0 Å². The van der Waals surface area contributed by atoms with Gasteiger partial charge in [0, 0.05) is 24.0 Å². The predicted octanol–water partition coefficient (Wildman–Crippen LogP) is 4.34. The van der Waals surface area contributed by atoms with Crippen molar-refractivity contribution in [2.24, 2.45) is 0 Å². The second-order valence-corrected chi connectivity index (χ2v) is 8.02. The van der Waals surface area contributed by atoms with Crippen LogP contribution in [-0.4, -0.2) is 18.8 Å². The molecule has 0 saturated carbocycles. The first-order chi connectivity index (χ1) is 12.9. The molecule has 2 aromatic rings. The molecule has 146 valence electrons. The minimum Gasteiger partial charge on any atom is -0.375 e. The lowest BCUT2D eigenvalue weighted by molar-refractivity contribution is -0.672. The third-order valence-electron chi connectivity index (χ3n) is 6.07. The maximum absolute atomic E-state index is 13.5. The van der Waals surface area contributed by atoms with Crippen molar-refractivity contribution in [3.63, 3.8) is 0 Å². The van der Waals surface area contributed by atoms with Gasteiger partial charge >= 0.3 is 0 Å². The van der Waals surface area contributed by atoms with Crippen LogP contribution in [0.5, 0.6) is 0 Å². The molecule has 4 heteroatoms. The maximum atomic E-state index is 13.5. The smallest absolute Gasteiger partial charge is 0.123 e. The van der Waals surface area contributed by atoms with Crippen LogP contribution in [0.3, 0.4) is 0 Å². The van der Waals surface area contributed by atoms with Crippen LogP contribution in [0.1, 0.15) is 50.7 Å². The Morgan fingerprint density at radius 1 is 1.00 bits per heavy atom. The summed E-state index contributed by atoms with van der Waals surface area (Å²) < 4.78 is 32.6. The van der Waals surface area contributed by atoms with E-state index in [1.54, 1.807) is 12.1 Å². The second-order valence-electron chi connectivity index (χ2n) is 8.02. The first-order valence-corrected chi connectivity index (χ1v) is 9.91. The van der Waals surface area contributed by atoms with E-state index in [2.05, 4.69) is 19.2 Å². The summed E-state index contributed by atoms with van der Waals surface area (Å²) in [6, 6.07) is 13.7. The maximum Gasteiger partial charge on any atom is 0.123 e. The zero-order valence-electron chi connectivity index (χ0n) is 16.3. The fourth-order valence-corrected chi connectivity index (χ4v) is 4.25. The predicted molar refractivity (Wildman–Crippen MR) is 103 cm³/mol. The van der Waals surface area contributed by atoms with Gasteiger partial charge in [-0.25, -0.2) is 8.78 Å². The van der Waals surface area contributed by atoms with Crippen LogP contribution < -0.4 is 5.32 Å². The van der Waals surface area contributed by atoms with Gasteiger partial charge in [-0.05, 0) is 56.0 Å². The Bertz CT molecular complexity index is 731. The number of hydrogen-bond acceptors (Lipinski definition) is 1. The molecule has 0 radical (unpaired) electrons. The highest BCUT2D eigenvalue weighted by molar-refractivity contribution is 5.27. The molecule has 2 aromatic carbocycles. The van der Waals surface area contributed by atoms with Gasteiger partial charge in [-0.2, -0.15) is 0 Å². The Hall–Kier alpha value is -1.78. The molecule has 0 spiro atoms. The van der Waals surface area contributed by atoms with E-state index in [-0.39, 0.29) is 22.7 Å². The van der Waals surface area contributed by atoms with Crippen LogP contribution in [0, 0.1) is 11.6 Å². The quantitative estimate of drug-likeness (QED) is 0.717. The van der Waals surface area contributed by atoms with Gasteiger partial charge in [0.2, 0.25) is 0 Å². The minimum absolute atomic E-state index is 0.00993. The number of rotatable bonds is 7. The van der Waals surface area contributed by atoms with E-state index >= 15 is 0 Å². The highest BCUT2D eigenvalue weighted by Gasteiger charge is 2.43. The standard InChI is InChI=1S/C23H29F2NO/c1-3-22(2)17-23(13-15-27-22,19-6-10-21(25)11-7-19)12-14-26-16-18-4-8-20(24)9-5-18/h4-11,26H,3,12-17H2,1-2H3/p+1/t22-,23+/m0/s1. The summed E-state index contributed by atoms with van der Waals surface area (Å²) in [6.07, 6.45) is 3.89. The Kier molecular flexibility index (Phi) is 6.28. The van der Waals surface area contributed by atoms with E-state index in [0.29, 0.717) is 0 Å². The molecule has 0 amide bonds. The summed E-state index contributed by atoms with van der Waals surface area (Å²) in [4.78, 5) is 0. The lowest BCUT2D eigenvalue weighted by Crippen LogP contribution is -2.83. The van der Waals surface area contributed by atoms with Crippen molar-refractivity contribution in [1.82, 2.24) is 0 Å². The fraction of sp³-hybridized carbons (Fsp3) is 0.478. The molecule has 1 aliphatic heterocycles.